The summed E-state index contributed by atoms with van der Waals surface area (Å²) >= 11 is 0. The van der Waals surface area contributed by atoms with Crippen molar-refractivity contribution in [3.63, 3.8) is 0 Å². The van der Waals surface area contributed by atoms with E-state index in [1.54, 1.807) is 12.1 Å². The van der Waals surface area contributed by atoms with Gasteiger partial charge in [0.15, 0.2) is 0 Å². The van der Waals surface area contributed by atoms with Crippen molar-refractivity contribution in [3.8, 4) is 5.75 Å². The van der Waals surface area contributed by atoms with Crippen molar-refractivity contribution in [1.29, 1.82) is 0 Å². The van der Waals surface area contributed by atoms with Gasteiger partial charge < -0.3 is 19.5 Å². The van der Waals surface area contributed by atoms with Crippen LogP contribution < -0.4 is 44.3 Å². The molecule has 166 valence electrons. The van der Waals surface area contributed by atoms with Gasteiger partial charge in [0.05, 0.1) is 0 Å². The quantitative estimate of drug-likeness (QED) is 0.454. The minimum Gasteiger partial charge on any atom is -0.550 e. The second-order valence-electron chi connectivity index (χ2n) is 8.16. The zero-order chi connectivity index (χ0) is 22.3. The van der Waals surface area contributed by atoms with Crippen LogP contribution in [0, 0.1) is 5.82 Å². The van der Waals surface area contributed by atoms with Gasteiger partial charge in [-0.05, 0) is 54.9 Å². The van der Waals surface area contributed by atoms with Gasteiger partial charge in [-0.3, -0.25) is 0 Å². The van der Waals surface area contributed by atoms with E-state index in [4.69, 9.17) is 4.74 Å². The number of hydrogen-bond acceptors (Lipinski definition) is 4. The van der Waals surface area contributed by atoms with Gasteiger partial charge in [0.25, 0.3) is 0 Å². The third-order valence-corrected chi connectivity index (χ3v) is 5.92. The van der Waals surface area contributed by atoms with E-state index in [2.05, 4.69) is 47.4 Å². The summed E-state index contributed by atoms with van der Waals surface area (Å²) in [5.74, 6) is -1.21. The molecule has 1 heterocycles. The Kier molecular flexibility index (Phi) is 9.36. The summed E-state index contributed by atoms with van der Waals surface area (Å²) in [4.78, 5) is 13.1. The Morgan fingerprint density at radius 3 is 2.58 bits per heavy atom. The van der Waals surface area contributed by atoms with Crippen molar-refractivity contribution in [2.24, 2.45) is 0 Å². The van der Waals surface area contributed by atoms with Gasteiger partial charge in [-0.15, -0.1) is 0 Å². The van der Waals surface area contributed by atoms with Crippen LogP contribution in [0.3, 0.4) is 0 Å². The number of nitrogens with zero attached hydrogens (tertiary/aromatic N) is 1. The van der Waals surface area contributed by atoms with Gasteiger partial charge in [0, 0.05) is 36.4 Å². The largest absolute Gasteiger partial charge is 1.00 e. The molecule has 0 saturated heterocycles. The van der Waals surface area contributed by atoms with E-state index in [1.165, 1.54) is 22.9 Å². The maximum absolute atomic E-state index is 14.3. The summed E-state index contributed by atoms with van der Waals surface area (Å²) in [5.41, 5.74) is 5.33. The molecule has 6 heteroatoms. The first kappa shape index (κ1) is 25.3. The second kappa shape index (κ2) is 12.2. The van der Waals surface area contributed by atoms with Crippen LogP contribution in [0.4, 0.5) is 10.1 Å². The molecule has 0 aromatic heterocycles. The molecule has 0 atom stereocenters. The fourth-order valence-electron chi connectivity index (χ4n) is 4.29. The molecule has 0 aliphatic carbocycles. The van der Waals surface area contributed by atoms with E-state index in [-0.39, 0.29) is 42.4 Å². The molecule has 0 spiro atoms. The summed E-state index contributed by atoms with van der Waals surface area (Å²) in [6.07, 6.45) is 3.06. The van der Waals surface area contributed by atoms with Gasteiger partial charge in [0.2, 0.25) is 0 Å². The molecular weight excluding hydrogens is 428 g/mol. The van der Waals surface area contributed by atoms with Gasteiger partial charge in [-0.1, -0.05) is 54.6 Å². The smallest absolute Gasteiger partial charge is 0.550 e. The van der Waals surface area contributed by atoms with Crippen molar-refractivity contribution < 1.29 is 48.6 Å². The van der Waals surface area contributed by atoms with Gasteiger partial charge in [-0.2, -0.15) is 0 Å². The fourth-order valence-corrected chi connectivity index (χ4v) is 4.29. The minimum absolute atomic E-state index is 0. The summed E-state index contributed by atoms with van der Waals surface area (Å²) in [5, 5.41) is 10.6. The van der Waals surface area contributed by atoms with Gasteiger partial charge >= 0.3 is 29.6 Å². The van der Waals surface area contributed by atoms with Crippen LogP contribution in [-0.4, -0.2) is 19.1 Å². The van der Waals surface area contributed by atoms with Crippen molar-refractivity contribution in [3.05, 3.63) is 94.8 Å². The maximum atomic E-state index is 14.3. The number of hydrogen-bond donors (Lipinski definition) is 0. The molecule has 0 saturated carbocycles. The number of benzene rings is 3. The maximum Gasteiger partial charge on any atom is 1.00 e. The monoisotopic (exact) mass is 455 g/mol. The molecule has 1 aliphatic rings. The molecule has 0 unspecified atom stereocenters. The molecule has 0 bridgehead atoms. The van der Waals surface area contributed by atoms with E-state index < -0.39 is 11.8 Å². The van der Waals surface area contributed by atoms with Gasteiger partial charge in [0.1, 0.15) is 18.2 Å². The number of rotatable bonds is 9. The Bertz CT molecular complexity index is 1070. The average Bonchev–Trinajstić information content (AvgIpc) is 2.81. The predicted molar refractivity (Wildman–Crippen MR) is 121 cm³/mol. The zero-order valence-electron chi connectivity index (χ0n) is 19.1. The number of para-hydroxylation sites is 1. The Morgan fingerprint density at radius 2 is 1.82 bits per heavy atom. The van der Waals surface area contributed by atoms with E-state index in [0.717, 1.165) is 37.9 Å². The minimum atomic E-state index is -1.18. The third-order valence-electron chi connectivity index (χ3n) is 5.92. The normalized spacial score (nSPS) is 12.6. The van der Waals surface area contributed by atoms with Crippen molar-refractivity contribution in [2.45, 2.75) is 38.7 Å². The summed E-state index contributed by atoms with van der Waals surface area (Å²) < 4.78 is 20.3. The molecule has 0 radical (unpaired) electrons. The van der Waals surface area contributed by atoms with Crippen LogP contribution in [0.1, 0.15) is 35.1 Å². The number of carboxylic acid groups (broad SMARTS) is 1. The molecule has 3 aromatic rings. The third kappa shape index (κ3) is 6.83. The molecule has 1 aliphatic heterocycles. The SMILES string of the molecule is O=C([O-])CCc1ccc(OCc2cccc3c2N(CCc2ccccc2)CCC3)cc1F.[Na+]. The van der Waals surface area contributed by atoms with Crippen LogP contribution in [-0.2, 0) is 30.7 Å². The number of carbonyl (C=O) groups is 1. The Morgan fingerprint density at radius 1 is 1.00 bits per heavy atom. The molecule has 4 rings (SSSR count). The van der Waals surface area contributed by atoms with Crippen molar-refractivity contribution >= 4 is 11.7 Å². The second-order valence-corrected chi connectivity index (χ2v) is 8.16. The molecule has 33 heavy (non-hydrogen) atoms. The number of aryl methyl sites for hydroxylation is 2. The number of fused-ring (bicyclic) bond motifs is 1. The van der Waals surface area contributed by atoms with E-state index in [0.29, 0.717) is 17.9 Å². The zero-order valence-corrected chi connectivity index (χ0v) is 21.1. The molecule has 0 fully saturated rings. The first-order valence-corrected chi connectivity index (χ1v) is 11.1. The molecule has 0 amide bonds. The first-order valence-electron chi connectivity index (χ1n) is 11.1. The van der Waals surface area contributed by atoms with E-state index >= 15 is 0 Å². The topological polar surface area (TPSA) is 52.6 Å². The number of carbonyl (C=O) groups excluding carboxylic acids is 1. The molecule has 3 aromatic carbocycles. The average molecular weight is 456 g/mol. The van der Waals surface area contributed by atoms with Crippen molar-refractivity contribution in [1.82, 2.24) is 0 Å². The van der Waals surface area contributed by atoms with Crippen LogP contribution in [0.2, 0.25) is 0 Å². The summed E-state index contributed by atoms with van der Waals surface area (Å²) in [6, 6.07) is 21.4. The van der Waals surface area contributed by atoms with Crippen LogP contribution in [0.15, 0.2) is 66.7 Å². The molecule has 0 N–H and O–H groups in total. The number of aliphatic carboxylic acids is 1. The fraction of sp³-hybridized carbons (Fsp3) is 0.296. The summed E-state index contributed by atoms with van der Waals surface area (Å²) in [7, 11) is 0. The van der Waals surface area contributed by atoms with E-state index in [9.17, 15) is 14.3 Å². The van der Waals surface area contributed by atoms with Crippen molar-refractivity contribution in [2.75, 3.05) is 18.0 Å². The van der Waals surface area contributed by atoms with E-state index in [1.807, 2.05) is 6.07 Å². The number of halogens is 1. The van der Waals surface area contributed by atoms with Crippen LogP contribution in [0.5, 0.6) is 5.75 Å². The Balaban J connectivity index is 0.00000306. The first-order chi connectivity index (χ1) is 15.6. The molecule has 4 nitrogen and oxygen atoms in total. The molecular formula is C27H27FNNaO3. The Hall–Kier alpha value is -2.34. The number of ether oxygens (including phenoxy) is 1. The predicted octanol–water partition coefficient (Wildman–Crippen LogP) is 1.09. The summed E-state index contributed by atoms with van der Waals surface area (Å²) in [6.45, 7) is 2.30. The van der Waals surface area contributed by atoms with Crippen LogP contribution in [0.25, 0.3) is 0 Å². The number of anilines is 1. The van der Waals surface area contributed by atoms with Gasteiger partial charge in [-0.25, -0.2) is 4.39 Å². The Labute approximate surface area is 216 Å². The van der Waals surface area contributed by atoms with Crippen LogP contribution >= 0.6 is 0 Å². The number of carboxylic acids is 1. The standard InChI is InChI=1S/C27H28FNO3.Na/c28-25-18-24(13-11-21(25)12-14-26(30)31)32-19-23-9-4-8-22-10-5-16-29(27(22)23)17-15-20-6-2-1-3-7-20;/h1-4,6-9,11,13,18H,5,10,12,14-17,19H2,(H,30,31);/q;+1/p-1.